The standard InChI is InChI=1S/C10H16N3.C8H9NO2.CH3NO.CH4/c1-9(13(12)8-11)7-10-5-3-2-4-6-10;10-8(11)9-6-7-4-2-1-3-5-7;2-1-3;/h2-6,9,12H,7-8,11H2,1H3;1-5,9H,6H2,(H,10,11);1H,(H2,2,3);1H4/q+1;;;. The van der Waals surface area contributed by atoms with Crippen LogP contribution in [0.1, 0.15) is 25.5 Å². The molecule has 0 radical (unpaired) electrons. The maximum atomic E-state index is 10.1. The lowest BCUT2D eigenvalue weighted by atomic mass is 10.1. The fourth-order valence-electron chi connectivity index (χ4n) is 2.02. The Bertz CT molecular complexity index is 666. The fourth-order valence-corrected chi connectivity index (χ4v) is 2.02. The zero-order valence-electron chi connectivity index (χ0n) is 15.4. The first-order chi connectivity index (χ1) is 12.9. The van der Waals surface area contributed by atoms with Gasteiger partial charge >= 0.3 is 6.09 Å². The van der Waals surface area contributed by atoms with Crippen molar-refractivity contribution < 1.29 is 19.4 Å². The highest BCUT2D eigenvalue weighted by Gasteiger charge is 2.13. The first kappa shape index (κ1) is 27.0. The second-order valence-corrected chi connectivity index (χ2v) is 5.47. The average Bonchev–Trinajstić information content (AvgIpc) is 2.68. The van der Waals surface area contributed by atoms with Gasteiger partial charge in [-0.3, -0.25) is 10.5 Å². The van der Waals surface area contributed by atoms with E-state index in [1.54, 1.807) is 0 Å². The Hall–Kier alpha value is -3.26. The Kier molecular flexibility index (Phi) is 16.5. The van der Waals surface area contributed by atoms with Crippen LogP contribution in [0.15, 0.2) is 60.7 Å². The van der Waals surface area contributed by atoms with Gasteiger partial charge in [-0.1, -0.05) is 73.6 Å². The SMILES string of the molecule is C.CC(Cc1ccccc1)[N+](=N)CN.NC=O.O=C(O)NCc1ccccc1. The van der Waals surface area contributed by atoms with E-state index in [1.165, 1.54) is 10.3 Å². The van der Waals surface area contributed by atoms with Crippen molar-refractivity contribution in [3.63, 3.8) is 0 Å². The number of hydrogen-bond donors (Lipinski definition) is 5. The quantitative estimate of drug-likeness (QED) is 0.223. The van der Waals surface area contributed by atoms with Crippen LogP contribution < -0.4 is 16.8 Å². The van der Waals surface area contributed by atoms with Gasteiger partial charge in [0.05, 0.1) is 0 Å². The normalized spacial score (nSPS) is 9.79. The van der Waals surface area contributed by atoms with E-state index in [4.69, 9.17) is 21.2 Å². The molecule has 0 aliphatic rings. The summed E-state index contributed by atoms with van der Waals surface area (Å²) in [6, 6.07) is 19.7. The molecule has 28 heavy (non-hydrogen) atoms. The van der Waals surface area contributed by atoms with Gasteiger partial charge in [0.2, 0.25) is 13.1 Å². The van der Waals surface area contributed by atoms with Crippen LogP contribution in [0, 0.1) is 5.53 Å². The van der Waals surface area contributed by atoms with E-state index >= 15 is 0 Å². The molecule has 0 aromatic heterocycles. The lowest BCUT2D eigenvalue weighted by Crippen LogP contribution is -2.28. The summed E-state index contributed by atoms with van der Waals surface area (Å²) < 4.78 is 1.40. The number of carbonyl (C=O) groups is 2. The molecular weight excluding hydrogens is 358 g/mol. The Balaban J connectivity index is 0. The highest BCUT2D eigenvalue weighted by molar-refractivity contribution is 5.64. The first-order valence-corrected chi connectivity index (χ1v) is 8.32. The van der Waals surface area contributed by atoms with Crippen molar-refractivity contribution in [2.75, 3.05) is 6.67 Å². The summed E-state index contributed by atoms with van der Waals surface area (Å²) in [4.78, 5) is 18.6. The van der Waals surface area contributed by atoms with Crippen molar-refractivity contribution in [1.82, 2.24) is 5.32 Å². The number of hydrogen-bond acceptors (Lipinski definition) is 4. The second-order valence-electron chi connectivity index (χ2n) is 5.47. The van der Waals surface area contributed by atoms with Crippen LogP contribution in [0.5, 0.6) is 0 Å². The molecule has 0 saturated heterocycles. The summed E-state index contributed by atoms with van der Waals surface area (Å²) in [6.07, 6.45) is 0.135. The van der Waals surface area contributed by atoms with Gasteiger partial charge in [-0.05, 0) is 11.1 Å². The van der Waals surface area contributed by atoms with Crippen molar-refractivity contribution in [2.45, 2.75) is 33.4 Å². The third kappa shape index (κ3) is 14.0. The molecule has 154 valence electrons. The molecule has 2 rings (SSSR count). The van der Waals surface area contributed by atoms with Crippen molar-refractivity contribution in [1.29, 1.82) is 5.53 Å². The summed E-state index contributed by atoms with van der Waals surface area (Å²) in [6.45, 7) is 2.66. The van der Waals surface area contributed by atoms with Crippen molar-refractivity contribution in [3.05, 3.63) is 71.8 Å². The number of carboxylic acid groups (broad SMARTS) is 1. The molecule has 0 aliphatic heterocycles. The predicted octanol–water partition coefficient (Wildman–Crippen LogP) is 2.77. The topological polar surface area (TPSA) is 145 Å². The monoisotopic (exact) mass is 390 g/mol. The van der Waals surface area contributed by atoms with Gasteiger partial charge in [-0.15, -0.1) is 4.70 Å². The van der Waals surface area contributed by atoms with E-state index < -0.39 is 6.09 Å². The van der Waals surface area contributed by atoms with Gasteiger partial charge in [0.15, 0.2) is 6.04 Å². The molecular formula is C20H32N5O3+. The largest absolute Gasteiger partial charge is 0.465 e. The minimum absolute atomic E-state index is 0. The number of nitrogens with one attached hydrogen (secondary N) is 2. The first-order valence-electron chi connectivity index (χ1n) is 8.32. The van der Waals surface area contributed by atoms with Crippen LogP contribution >= 0.6 is 0 Å². The van der Waals surface area contributed by atoms with E-state index in [9.17, 15) is 4.79 Å². The minimum atomic E-state index is -0.992. The van der Waals surface area contributed by atoms with Gasteiger partial charge in [0.25, 0.3) is 0 Å². The molecule has 1 atom stereocenters. The van der Waals surface area contributed by atoms with E-state index in [0.29, 0.717) is 6.54 Å². The summed E-state index contributed by atoms with van der Waals surface area (Å²) in [5.74, 6) is 0. The highest BCUT2D eigenvalue weighted by Crippen LogP contribution is 2.04. The summed E-state index contributed by atoms with van der Waals surface area (Å²) in [5, 5.41) is 10.5. The number of primary amides is 1. The predicted molar refractivity (Wildman–Crippen MR) is 110 cm³/mol. The van der Waals surface area contributed by atoms with Gasteiger partial charge < -0.3 is 16.2 Å². The maximum absolute atomic E-state index is 10.1. The van der Waals surface area contributed by atoms with Crippen molar-refractivity contribution >= 4 is 12.5 Å². The minimum Gasteiger partial charge on any atom is -0.465 e. The molecule has 0 spiro atoms. The summed E-state index contributed by atoms with van der Waals surface area (Å²) >= 11 is 0. The molecule has 7 N–H and O–H groups in total. The number of carbonyl (C=O) groups excluding carboxylic acids is 1. The molecule has 0 bridgehead atoms. The lowest BCUT2D eigenvalue weighted by Gasteiger charge is -2.05. The average molecular weight is 391 g/mol. The Morgan fingerprint density at radius 1 is 1.14 bits per heavy atom. The van der Waals surface area contributed by atoms with Crippen LogP contribution in [-0.2, 0) is 17.8 Å². The molecule has 0 saturated carbocycles. The lowest BCUT2D eigenvalue weighted by molar-refractivity contribution is -0.644. The van der Waals surface area contributed by atoms with E-state index in [2.05, 4.69) is 23.2 Å². The van der Waals surface area contributed by atoms with Gasteiger partial charge in [0.1, 0.15) is 0 Å². The number of rotatable bonds is 6. The Labute approximate surface area is 166 Å². The fraction of sp³-hybridized carbons (Fsp3) is 0.300. The number of amides is 2. The Morgan fingerprint density at radius 3 is 1.96 bits per heavy atom. The molecule has 8 heteroatoms. The van der Waals surface area contributed by atoms with Crippen molar-refractivity contribution in [3.8, 4) is 0 Å². The highest BCUT2D eigenvalue weighted by atomic mass is 16.4. The van der Waals surface area contributed by atoms with Crippen LogP contribution in [0.2, 0.25) is 0 Å². The van der Waals surface area contributed by atoms with Crippen LogP contribution in [0.4, 0.5) is 4.79 Å². The smallest absolute Gasteiger partial charge is 0.404 e. The summed E-state index contributed by atoms with van der Waals surface area (Å²) in [7, 11) is 0. The zero-order chi connectivity index (χ0) is 20.5. The second kappa shape index (κ2) is 17.2. The zero-order valence-corrected chi connectivity index (χ0v) is 15.4. The molecule has 0 fully saturated rings. The van der Waals surface area contributed by atoms with Crippen LogP contribution in [0.3, 0.4) is 0 Å². The molecule has 2 aromatic carbocycles. The summed E-state index contributed by atoms with van der Waals surface area (Å²) in [5.41, 5.74) is 19.2. The number of benzene rings is 2. The third-order valence-electron chi connectivity index (χ3n) is 3.39. The van der Waals surface area contributed by atoms with Gasteiger partial charge in [0, 0.05) is 19.9 Å². The molecule has 1 unspecified atom stereocenters. The van der Waals surface area contributed by atoms with E-state index in [1.807, 2.05) is 55.5 Å². The van der Waals surface area contributed by atoms with E-state index in [-0.39, 0.29) is 26.5 Å². The van der Waals surface area contributed by atoms with Gasteiger partial charge in [-0.25, -0.2) is 4.79 Å². The molecule has 0 heterocycles. The van der Waals surface area contributed by atoms with E-state index in [0.717, 1.165) is 12.0 Å². The number of nitrogens with zero attached hydrogens (tertiary/aromatic N) is 1. The Morgan fingerprint density at radius 2 is 1.57 bits per heavy atom. The number of nitrogens with two attached hydrogens (primary N) is 2. The van der Waals surface area contributed by atoms with Gasteiger partial charge in [-0.2, -0.15) is 0 Å². The third-order valence-corrected chi connectivity index (χ3v) is 3.39. The molecule has 2 amide bonds. The molecule has 2 aromatic rings. The maximum Gasteiger partial charge on any atom is 0.404 e. The molecule has 0 aliphatic carbocycles. The van der Waals surface area contributed by atoms with Crippen LogP contribution in [-0.4, -0.2) is 35.0 Å². The molecule has 8 nitrogen and oxygen atoms in total. The van der Waals surface area contributed by atoms with Crippen molar-refractivity contribution in [2.24, 2.45) is 11.5 Å². The van der Waals surface area contributed by atoms with Crippen LogP contribution in [0.25, 0.3) is 0 Å².